The summed E-state index contributed by atoms with van der Waals surface area (Å²) in [4.78, 5) is 24.6. The molecule has 2 aromatic rings. The van der Waals surface area contributed by atoms with Crippen LogP contribution in [0.1, 0.15) is 58.2 Å². The number of rotatable bonds is 10. The van der Waals surface area contributed by atoms with E-state index in [1.807, 2.05) is 20.8 Å². The third-order valence-corrected chi connectivity index (χ3v) is 6.27. The van der Waals surface area contributed by atoms with Crippen molar-refractivity contribution in [2.24, 2.45) is 11.3 Å². The fraction of sp³-hybridized carbons (Fsp3) is 0.500. The maximum Gasteiger partial charge on any atom is 0.419 e. The van der Waals surface area contributed by atoms with Crippen molar-refractivity contribution in [3.63, 3.8) is 0 Å². The van der Waals surface area contributed by atoms with E-state index in [1.54, 1.807) is 12.1 Å². The number of phenolic OH excluding ortho intramolecular Hbond substituents is 1. The number of esters is 1. The normalized spacial score (nSPS) is 12.5. The van der Waals surface area contributed by atoms with Crippen molar-refractivity contribution in [3.8, 4) is 11.5 Å². The molecule has 36 heavy (non-hydrogen) atoms. The zero-order valence-corrected chi connectivity index (χ0v) is 23.2. The second-order valence-corrected chi connectivity index (χ2v) is 11.6. The van der Waals surface area contributed by atoms with Crippen molar-refractivity contribution in [2.45, 2.75) is 59.1 Å². The molecule has 0 aliphatic rings. The number of carbonyl (C=O) groups is 2. The van der Waals surface area contributed by atoms with Crippen LogP contribution in [0.5, 0.6) is 11.5 Å². The van der Waals surface area contributed by atoms with Gasteiger partial charge in [-0.05, 0) is 61.4 Å². The van der Waals surface area contributed by atoms with Gasteiger partial charge in [0.05, 0.1) is 36.9 Å². The second-order valence-electron chi connectivity index (χ2n) is 10.9. The molecule has 198 valence electrons. The van der Waals surface area contributed by atoms with Gasteiger partial charge in [-0.25, -0.2) is 4.79 Å². The maximum absolute atomic E-state index is 12.3. The Labute approximate surface area is 219 Å². The molecule has 0 aliphatic heterocycles. The van der Waals surface area contributed by atoms with Gasteiger partial charge in [-0.3, -0.25) is 4.79 Å². The average Bonchev–Trinajstić information content (AvgIpc) is 2.80. The lowest BCUT2D eigenvalue weighted by atomic mass is 9.86. The fourth-order valence-electron chi connectivity index (χ4n) is 3.29. The molecule has 2 N–H and O–H groups in total. The van der Waals surface area contributed by atoms with E-state index in [0.717, 1.165) is 23.2 Å². The number of nitrogens with one attached hydrogen (secondary N) is 1. The van der Waals surface area contributed by atoms with Crippen molar-refractivity contribution < 1.29 is 28.4 Å². The minimum Gasteiger partial charge on any atom is -0.504 e. The topological polar surface area (TPSA) is 94.1 Å². The summed E-state index contributed by atoms with van der Waals surface area (Å²) in [5.74, 6) is 0.419. The van der Waals surface area contributed by atoms with Gasteiger partial charge in [0.2, 0.25) is 0 Å². The molecule has 0 radical (unpaired) electrons. The van der Waals surface area contributed by atoms with Crippen LogP contribution in [0.3, 0.4) is 0 Å². The van der Waals surface area contributed by atoms with Gasteiger partial charge in [-0.1, -0.05) is 51.1 Å². The van der Waals surface area contributed by atoms with Gasteiger partial charge in [-0.15, -0.1) is 0 Å². The molecule has 1 amide bonds. The average molecular weight is 518 g/mol. The molecule has 0 bridgehead atoms. The predicted molar refractivity (Wildman–Crippen MR) is 143 cm³/mol. The summed E-state index contributed by atoms with van der Waals surface area (Å²) in [6.07, 6.45) is 0.0729. The van der Waals surface area contributed by atoms with Gasteiger partial charge in [0.15, 0.2) is 11.5 Å². The number of hydrogen-bond acceptors (Lipinski definition) is 7. The van der Waals surface area contributed by atoms with E-state index in [1.165, 1.54) is 18.7 Å². The number of amides is 1. The molecule has 0 saturated heterocycles. The van der Waals surface area contributed by atoms with Crippen LogP contribution < -0.4 is 10.1 Å². The van der Waals surface area contributed by atoms with Gasteiger partial charge in [0.25, 0.3) is 0 Å². The highest BCUT2D eigenvalue weighted by molar-refractivity contribution is 7.94. The highest BCUT2D eigenvalue weighted by Crippen LogP contribution is 2.28. The van der Waals surface area contributed by atoms with Crippen LogP contribution in [0.25, 0.3) is 0 Å². The number of ether oxygens (including phenoxy) is 2. The number of aromatic hydroxyl groups is 1. The Morgan fingerprint density at radius 2 is 1.64 bits per heavy atom. The van der Waals surface area contributed by atoms with Crippen molar-refractivity contribution in [1.29, 1.82) is 0 Å². The lowest BCUT2D eigenvalue weighted by Crippen LogP contribution is -2.34. The van der Waals surface area contributed by atoms with Crippen LogP contribution >= 0.6 is 12.0 Å². The first kappa shape index (κ1) is 29.4. The zero-order valence-electron chi connectivity index (χ0n) is 22.3. The van der Waals surface area contributed by atoms with Gasteiger partial charge < -0.3 is 24.1 Å². The largest absolute Gasteiger partial charge is 0.504 e. The number of hydrogen-bond donors (Lipinski definition) is 2. The molecule has 8 heteroatoms. The first-order chi connectivity index (χ1) is 16.8. The third-order valence-electron chi connectivity index (χ3n) is 5.55. The monoisotopic (exact) mass is 517 g/mol. The summed E-state index contributed by atoms with van der Waals surface area (Å²) in [6, 6.07) is 13.4. The van der Waals surface area contributed by atoms with Crippen LogP contribution in [-0.4, -0.2) is 37.4 Å². The molecule has 7 nitrogen and oxygen atoms in total. The molecule has 1 atom stereocenters. The Morgan fingerprint density at radius 3 is 2.22 bits per heavy atom. The molecular weight excluding hydrogens is 478 g/mol. The van der Waals surface area contributed by atoms with Crippen molar-refractivity contribution in [1.82, 2.24) is 5.32 Å². The molecular formula is C28H39NO6S. The molecule has 0 saturated carbocycles. The van der Waals surface area contributed by atoms with Gasteiger partial charge in [0, 0.05) is 12.5 Å². The van der Waals surface area contributed by atoms with E-state index in [-0.39, 0.29) is 29.7 Å². The molecule has 0 heterocycles. The molecule has 0 spiro atoms. The number of phenols is 1. The number of carbonyl (C=O) groups excluding carboxylic acids is 2. The second kappa shape index (κ2) is 12.9. The standard InChI is InChI=1S/C28H39NO6S/c1-27(2,3)22-11-8-19(9-12-22)14-21(17-34-25(31)28(4,5)6)16-29-26(32)35-36-18-20-10-13-23(30)24(15-20)33-7/h8-13,15,21,30H,14,16-18H2,1-7H3,(H,29,32). The maximum atomic E-state index is 12.3. The van der Waals surface area contributed by atoms with Gasteiger partial charge in [0.1, 0.15) is 0 Å². The van der Waals surface area contributed by atoms with E-state index in [9.17, 15) is 14.7 Å². The van der Waals surface area contributed by atoms with E-state index in [2.05, 4.69) is 50.4 Å². The summed E-state index contributed by atoms with van der Waals surface area (Å²) in [5.41, 5.74) is 2.65. The first-order valence-electron chi connectivity index (χ1n) is 12.0. The summed E-state index contributed by atoms with van der Waals surface area (Å²) in [6.45, 7) is 12.4. The Morgan fingerprint density at radius 1 is 1.00 bits per heavy atom. The molecule has 2 rings (SSSR count). The molecule has 1 unspecified atom stereocenters. The van der Waals surface area contributed by atoms with E-state index >= 15 is 0 Å². The van der Waals surface area contributed by atoms with Gasteiger partial charge in [-0.2, -0.15) is 0 Å². The van der Waals surface area contributed by atoms with Crippen LogP contribution in [0.15, 0.2) is 42.5 Å². The van der Waals surface area contributed by atoms with Crippen molar-refractivity contribution >= 4 is 24.1 Å². The quantitative estimate of drug-likeness (QED) is 0.294. The van der Waals surface area contributed by atoms with Crippen LogP contribution in [0, 0.1) is 11.3 Å². The summed E-state index contributed by atoms with van der Waals surface area (Å²) < 4.78 is 15.9. The first-order valence-corrected chi connectivity index (χ1v) is 12.9. The van der Waals surface area contributed by atoms with E-state index in [4.69, 9.17) is 13.7 Å². The predicted octanol–water partition coefficient (Wildman–Crippen LogP) is 6.02. The molecule has 0 aliphatic carbocycles. The molecule has 2 aromatic carbocycles. The summed E-state index contributed by atoms with van der Waals surface area (Å²) in [7, 11) is 1.48. The smallest absolute Gasteiger partial charge is 0.419 e. The lowest BCUT2D eigenvalue weighted by molar-refractivity contribution is -0.154. The Hall–Kier alpha value is -2.87. The summed E-state index contributed by atoms with van der Waals surface area (Å²) >= 11 is 0.986. The lowest BCUT2D eigenvalue weighted by Gasteiger charge is -2.22. The number of methoxy groups -OCH3 is 1. The van der Waals surface area contributed by atoms with Crippen molar-refractivity contribution in [2.75, 3.05) is 20.3 Å². The van der Waals surface area contributed by atoms with E-state index in [0.29, 0.717) is 24.5 Å². The van der Waals surface area contributed by atoms with Crippen LogP contribution in [0.4, 0.5) is 4.79 Å². The third kappa shape index (κ3) is 9.64. The Kier molecular flexibility index (Phi) is 10.5. The zero-order chi connectivity index (χ0) is 26.9. The Bertz CT molecular complexity index is 1010. The minimum absolute atomic E-state index is 0.0520. The summed E-state index contributed by atoms with van der Waals surface area (Å²) in [5, 5.41) is 12.5. The van der Waals surface area contributed by atoms with Crippen LogP contribution in [0.2, 0.25) is 0 Å². The fourth-order valence-corrected chi connectivity index (χ4v) is 3.83. The highest BCUT2D eigenvalue weighted by atomic mass is 32.2. The van der Waals surface area contributed by atoms with E-state index < -0.39 is 11.5 Å². The van der Waals surface area contributed by atoms with Crippen molar-refractivity contribution in [3.05, 3.63) is 59.2 Å². The van der Waals surface area contributed by atoms with Crippen LogP contribution in [-0.2, 0) is 31.3 Å². The number of benzene rings is 2. The molecule has 0 aromatic heterocycles. The SMILES string of the molecule is COc1cc(CSOC(=O)NCC(COC(=O)C(C)(C)C)Cc2ccc(C(C)(C)C)cc2)ccc1O. The van der Waals surface area contributed by atoms with Gasteiger partial charge >= 0.3 is 12.1 Å². The minimum atomic E-state index is -0.598. The Balaban J connectivity index is 1.93. The highest BCUT2D eigenvalue weighted by Gasteiger charge is 2.25. The molecule has 0 fully saturated rings.